The fraction of sp³-hybridized carbons (Fsp3) is 0.364. The van der Waals surface area contributed by atoms with Gasteiger partial charge in [0.05, 0.1) is 0 Å². The molecule has 0 unspecified atom stereocenters. The molecule has 0 bridgehead atoms. The number of hydrogen-bond donors (Lipinski definition) is 2. The van der Waals surface area contributed by atoms with E-state index in [1.165, 1.54) is 0 Å². The van der Waals surface area contributed by atoms with Crippen LogP contribution in [0.5, 0.6) is 0 Å². The molecular formula is C22H28N2O3. The summed E-state index contributed by atoms with van der Waals surface area (Å²) in [7, 11) is 0. The van der Waals surface area contributed by atoms with Crippen molar-refractivity contribution in [2.24, 2.45) is 5.92 Å². The average Bonchev–Trinajstić information content (AvgIpc) is 2.63. The van der Waals surface area contributed by atoms with E-state index in [2.05, 4.69) is 10.6 Å². The third kappa shape index (κ3) is 6.77. The zero-order chi connectivity index (χ0) is 19.8. The summed E-state index contributed by atoms with van der Waals surface area (Å²) in [6.07, 6.45) is -0.0717. The van der Waals surface area contributed by atoms with Crippen LogP contribution in [0, 0.1) is 19.8 Å². The molecule has 2 rings (SSSR count). The number of anilines is 1. The summed E-state index contributed by atoms with van der Waals surface area (Å²) in [4.78, 5) is 24.9. The lowest BCUT2D eigenvalue weighted by Gasteiger charge is -2.20. The van der Waals surface area contributed by atoms with Gasteiger partial charge in [0.2, 0.25) is 5.91 Å². The number of hydrogen-bond acceptors (Lipinski definition) is 3. The Morgan fingerprint density at radius 2 is 1.74 bits per heavy atom. The van der Waals surface area contributed by atoms with Crippen LogP contribution in [0.3, 0.4) is 0 Å². The number of benzene rings is 2. The summed E-state index contributed by atoms with van der Waals surface area (Å²) in [5, 5.41) is 5.63. The standard InChI is InChI=1S/C22H28N2O3/c1-15(2)12-20(21(25)23-19-13-16(3)10-11-17(19)4)24-22(26)27-14-18-8-6-5-7-9-18/h5-11,13,15,20H,12,14H2,1-4H3,(H,23,25)(H,24,26)/t20-/m0/s1. The normalized spacial score (nSPS) is 11.7. The molecule has 0 aliphatic carbocycles. The van der Waals surface area contributed by atoms with Gasteiger partial charge in [-0.15, -0.1) is 0 Å². The monoisotopic (exact) mass is 368 g/mol. The first-order chi connectivity index (χ1) is 12.8. The van der Waals surface area contributed by atoms with Crippen LogP contribution >= 0.6 is 0 Å². The zero-order valence-corrected chi connectivity index (χ0v) is 16.4. The van der Waals surface area contributed by atoms with Crippen molar-refractivity contribution in [3.63, 3.8) is 0 Å². The number of carbonyl (C=O) groups excluding carboxylic acids is 2. The van der Waals surface area contributed by atoms with Crippen LogP contribution in [0.1, 0.15) is 37.0 Å². The van der Waals surface area contributed by atoms with E-state index in [-0.39, 0.29) is 18.4 Å². The first kappa shape index (κ1) is 20.5. The summed E-state index contributed by atoms with van der Waals surface area (Å²) in [6, 6.07) is 14.7. The maximum Gasteiger partial charge on any atom is 0.408 e. The van der Waals surface area contributed by atoms with E-state index >= 15 is 0 Å². The molecule has 27 heavy (non-hydrogen) atoms. The number of rotatable bonds is 7. The minimum Gasteiger partial charge on any atom is -0.445 e. The van der Waals surface area contributed by atoms with Gasteiger partial charge in [-0.05, 0) is 48.9 Å². The van der Waals surface area contributed by atoms with Crippen molar-refractivity contribution in [2.75, 3.05) is 5.32 Å². The molecule has 2 aromatic rings. The van der Waals surface area contributed by atoms with Crippen molar-refractivity contribution >= 4 is 17.7 Å². The molecule has 0 aliphatic heterocycles. The van der Waals surface area contributed by atoms with E-state index in [1.807, 2.05) is 76.2 Å². The topological polar surface area (TPSA) is 67.4 Å². The largest absolute Gasteiger partial charge is 0.445 e. The second kappa shape index (κ2) is 9.76. The number of alkyl carbamates (subject to hydrolysis) is 1. The first-order valence-corrected chi connectivity index (χ1v) is 9.20. The number of carbonyl (C=O) groups is 2. The lowest BCUT2D eigenvalue weighted by molar-refractivity contribution is -0.118. The molecule has 2 N–H and O–H groups in total. The minimum absolute atomic E-state index is 0.166. The lowest BCUT2D eigenvalue weighted by Crippen LogP contribution is -2.44. The van der Waals surface area contributed by atoms with Crippen LogP contribution in [0.25, 0.3) is 0 Å². The van der Waals surface area contributed by atoms with Crippen molar-refractivity contribution in [2.45, 2.75) is 46.8 Å². The van der Waals surface area contributed by atoms with E-state index in [1.54, 1.807) is 0 Å². The predicted molar refractivity (Wildman–Crippen MR) is 108 cm³/mol. The summed E-state index contributed by atoms with van der Waals surface area (Å²) in [6.45, 7) is 8.10. The van der Waals surface area contributed by atoms with E-state index in [0.29, 0.717) is 6.42 Å². The Labute approximate surface area is 161 Å². The quantitative estimate of drug-likeness (QED) is 0.751. The minimum atomic E-state index is -0.659. The molecule has 0 fully saturated rings. The summed E-state index contributed by atoms with van der Waals surface area (Å²) >= 11 is 0. The second-order valence-corrected chi connectivity index (χ2v) is 7.20. The van der Waals surface area contributed by atoms with Gasteiger partial charge in [-0.25, -0.2) is 4.79 Å². The molecule has 2 aromatic carbocycles. The molecule has 0 aromatic heterocycles. The molecule has 144 valence electrons. The van der Waals surface area contributed by atoms with Crippen molar-refractivity contribution < 1.29 is 14.3 Å². The SMILES string of the molecule is Cc1ccc(C)c(NC(=O)[C@H](CC(C)C)NC(=O)OCc2ccccc2)c1. The van der Waals surface area contributed by atoms with Crippen LogP contribution < -0.4 is 10.6 Å². The molecule has 0 saturated carbocycles. The fourth-order valence-corrected chi connectivity index (χ4v) is 2.70. The van der Waals surface area contributed by atoms with Gasteiger partial charge in [-0.2, -0.15) is 0 Å². The van der Waals surface area contributed by atoms with Crippen molar-refractivity contribution in [3.05, 3.63) is 65.2 Å². The van der Waals surface area contributed by atoms with Gasteiger partial charge in [0, 0.05) is 5.69 Å². The Balaban J connectivity index is 1.99. The molecule has 0 aliphatic rings. The van der Waals surface area contributed by atoms with Gasteiger partial charge in [0.25, 0.3) is 0 Å². The second-order valence-electron chi connectivity index (χ2n) is 7.20. The van der Waals surface area contributed by atoms with Crippen LogP contribution in [0.15, 0.2) is 48.5 Å². The highest BCUT2D eigenvalue weighted by Gasteiger charge is 2.23. The smallest absolute Gasteiger partial charge is 0.408 e. The fourth-order valence-electron chi connectivity index (χ4n) is 2.70. The molecule has 5 heteroatoms. The van der Waals surface area contributed by atoms with Crippen LogP contribution in [-0.2, 0) is 16.1 Å². The average molecular weight is 368 g/mol. The maximum atomic E-state index is 12.7. The Morgan fingerprint density at radius 1 is 1.04 bits per heavy atom. The van der Waals surface area contributed by atoms with Crippen LogP contribution in [-0.4, -0.2) is 18.0 Å². The summed E-state index contributed by atoms with van der Waals surface area (Å²) in [5.74, 6) is 0.00263. The van der Waals surface area contributed by atoms with Crippen molar-refractivity contribution in [1.82, 2.24) is 5.32 Å². The lowest BCUT2D eigenvalue weighted by atomic mass is 10.0. The van der Waals surface area contributed by atoms with Crippen LogP contribution in [0.4, 0.5) is 10.5 Å². The highest BCUT2D eigenvalue weighted by Crippen LogP contribution is 2.17. The van der Waals surface area contributed by atoms with Gasteiger partial charge in [0.15, 0.2) is 0 Å². The predicted octanol–water partition coefficient (Wildman–Crippen LogP) is 4.58. The highest BCUT2D eigenvalue weighted by molar-refractivity contribution is 5.97. The zero-order valence-electron chi connectivity index (χ0n) is 16.4. The Hall–Kier alpha value is -2.82. The van der Waals surface area contributed by atoms with Gasteiger partial charge in [-0.1, -0.05) is 56.3 Å². The third-order valence-electron chi connectivity index (χ3n) is 4.18. The van der Waals surface area contributed by atoms with E-state index in [0.717, 1.165) is 22.4 Å². The van der Waals surface area contributed by atoms with Crippen molar-refractivity contribution in [1.29, 1.82) is 0 Å². The van der Waals surface area contributed by atoms with Crippen molar-refractivity contribution in [3.8, 4) is 0 Å². The molecule has 1 atom stereocenters. The number of amides is 2. The third-order valence-corrected chi connectivity index (χ3v) is 4.18. The van der Waals surface area contributed by atoms with E-state index < -0.39 is 12.1 Å². The highest BCUT2D eigenvalue weighted by atomic mass is 16.5. The summed E-state index contributed by atoms with van der Waals surface area (Å²) < 4.78 is 5.25. The molecule has 0 spiro atoms. The molecular weight excluding hydrogens is 340 g/mol. The van der Waals surface area contributed by atoms with E-state index in [9.17, 15) is 9.59 Å². The van der Waals surface area contributed by atoms with Gasteiger partial charge >= 0.3 is 6.09 Å². The van der Waals surface area contributed by atoms with Gasteiger partial charge in [0.1, 0.15) is 12.6 Å². The molecule has 5 nitrogen and oxygen atoms in total. The molecule has 0 heterocycles. The van der Waals surface area contributed by atoms with E-state index in [4.69, 9.17) is 4.74 Å². The number of aryl methyl sites for hydroxylation is 2. The Bertz CT molecular complexity index is 772. The Morgan fingerprint density at radius 3 is 2.41 bits per heavy atom. The van der Waals surface area contributed by atoms with Gasteiger partial charge < -0.3 is 15.4 Å². The van der Waals surface area contributed by atoms with Gasteiger partial charge in [-0.3, -0.25) is 4.79 Å². The first-order valence-electron chi connectivity index (χ1n) is 9.20. The number of ether oxygens (including phenoxy) is 1. The van der Waals surface area contributed by atoms with Crippen LogP contribution in [0.2, 0.25) is 0 Å². The number of nitrogens with one attached hydrogen (secondary N) is 2. The Kier molecular flexibility index (Phi) is 7.41. The molecule has 0 radical (unpaired) electrons. The summed E-state index contributed by atoms with van der Waals surface area (Å²) in [5.41, 5.74) is 3.69. The molecule has 2 amide bonds. The maximum absolute atomic E-state index is 12.7. The molecule has 0 saturated heterocycles.